The number of hydrogen-bond acceptors (Lipinski definition) is 2. The number of aliphatic hydroxyl groups is 1. The predicted molar refractivity (Wildman–Crippen MR) is 58.0 cm³/mol. The van der Waals surface area contributed by atoms with Gasteiger partial charge in [0.1, 0.15) is 0 Å². The Morgan fingerprint density at radius 1 is 1.42 bits per heavy atom. The van der Waals surface area contributed by atoms with E-state index in [1.165, 1.54) is 0 Å². The van der Waals surface area contributed by atoms with Crippen LogP contribution in [0.25, 0.3) is 0 Å². The summed E-state index contributed by atoms with van der Waals surface area (Å²) >= 11 is 2.10. The molecule has 1 N–H and O–H groups in total. The maximum Gasteiger partial charge on any atom is 0.0558 e. The van der Waals surface area contributed by atoms with Crippen molar-refractivity contribution >= 4 is 22.6 Å². The third kappa shape index (κ3) is 3.30. The van der Waals surface area contributed by atoms with Crippen LogP contribution in [0.4, 0.5) is 0 Å². The van der Waals surface area contributed by atoms with Gasteiger partial charge in [0, 0.05) is 35.1 Å². The third-order valence-corrected chi connectivity index (χ3v) is 2.57. The highest BCUT2D eigenvalue weighted by Gasteiger charge is 2.16. The molecule has 0 amide bonds. The lowest BCUT2D eigenvalue weighted by Gasteiger charge is -2.28. The minimum absolute atomic E-state index is 0.280. The summed E-state index contributed by atoms with van der Waals surface area (Å²) in [5.41, 5.74) is 0. The fourth-order valence-electron chi connectivity index (χ4n) is 1.52. The normalized spacial score (nSPS) is 20.2. The third-order valence-electron chi connectivity index (χ3n) is 2.26. The molecule has 0 aromatic rings. The monoisotopic (exact) mass is 279 g/mol. The van der Waals surface area contributed by atoms with Gasteiger partial charge in [-0.2, -0.15) is 0 Å². The van der Waals surface area contributed by atoms with Gasteiger partial charge in [0.05, 0.1) is 6.61 Å². The molecule has 1 saturated heterocycles. The summed E-state index contributed by atoms with van der Waals surface area (Å²) in [4.78, 5) is 2.30. The second-order valence-corrected chi connectivity index (χ2v) is 3.62. The van der Waals surface area contributed by atoms with E-state index in [0.717, 1.165) is 32.5 Å². The second kappa shape index (κ2) is 5.79. The number of likely N-dealkylation sites (tertiary alicyclic amines) is 1. The molecule has 1 aliphatic rings. The fourth-order valence-corrected chi connectivity index (χ4v) is 1.96. The van der Waals surface area contributed by atoms with Crippen LogP contribution in [-0.2, 0) is 0 Å². The lowest BCUT2D eigenvalue weighted by molar-refractivity contribution is 0.161. The van der Waals surface area contributed by atoms with Gasteiger partial charge >= 0.3 is 0 Å². The van der Waals surface area contributed by atoms with Crippen molar-refractivity contribution in [3.05, 3.63) is 0 Å². The molecular weight excluding hydrogens is 265 g/mol. The van der Waals surface area contributed by atoms with Gasteiger partial charge in [-0.15, -0.1) is 0 Å². The number of β-amino-alcohol motifs (C(OH)–C–C–N with tert-alkyl or cyclic N) is 1. The molecule has 1 heterocycles. The molecule has 68 valence electrons. The van der Waals surface area contributed by atoms with Crippen LogP contribution in [0.1, 0.15) is 12.8 Å². The Kier molecular flexibility index (Phi) is 4.96. The summed E-state index contributed by atoms with van der Waals surface area (Å²) < 4.78 is 2.94. The second-order valence-electron chi connectivity index (χ2n) is 3.08. The van der Waals surface area contributed by atoms with Crippen LogP contribution in [0, 0.1) is 15.8 Å². The molecular formula is C9H14INO. The summed E-state index contributed by atoms with van der Waals surface area (Å²) in [6.07, 6.45) is 2.33. The van der Waals surface area contributed by atoms with E-state index in [1.807, 2.05) is 0 Å². The Morgan fingerprint density at radius 3 is 2.58 bits per heavy atom. The van der Waals surface area contributed by atoms with Gasteiger partial charge in [0.2, 0.25) is 0 Å². The fraction of sp³-hybridized carbons (Fsp3) is 0.778. The van der Waals surface area contributed by atoms with Crippen LogP contribution in [0.3, 0.4) is 0 Å². The van der Waals surface area contributed by atoms with Crippen LogP contribution in [0.2, 0.25) is 0 Å². The highest BCUT2D eigenvalue weighted by atomic mass is 127. The first-order chi connectivity index (χ1) is 5.86. The van der Waals surface area contributed by atoms with Crippen LogP contribution in [-0.4, -0.2) is 36.2 Å². The van der Waals surface area contributed by atoms with Gasteiger partial charge in [0.15, 0.2) is 0 Å². The van der Waals surface area contributed by atoms with Crippen molar-refractivity contribution in [3.8, 4) is 9.85 Å². The molecule has 12 heavy (non-hydrogen) atoms. The van der Waals surface area contributed by atoms with Crippen LogP contribution >= 0.6 is 22.6 Å². The van der Waals surface area contributed by atoms with E-state index >= 15 is 0 Å². The molecule has 0 aliphatic carbocycles. The summed E-state index contributed by atoms with van der Waals surface area (Å²) in [5, 5.41) is 8.72. The van der Waals surface area contributed by atoms with E-state index in [1.54, 1.807) is 0 Å². The Bertz CT molecular complexity index is 177. The average Bonchev–Trinajstić information content (AvgIpc) is 2.09. The molecule has 0 radical (unpaired) electrons. The Balaban J connectivity index is 2.23. The van der Waals surface area contributed by atoms with Gasteiger partial charge in [-0.3, -0.25) is 0 Å². The van der Waals surface area contributed by atoms with Crippen molar-refractivity contribution in [3.63, 3.8) is 0 Å². The largest absolute Gasteiger partial charge is 0.395 e. The minimum Gasteiger partial charge on any atom is -0.395 e. The first kappa shape index (κ1) is 10.3. The van der Waals surface area contributed by atoms with Gasteiger partial charge in [-0.05, 0) is 29.9 Å². The van der Waals surface area contributed by atoms with E-state index in [2.05, 4.69) is 37.3 Å². The maximum atomic E-state index is 8.72. The molecule has 0 bridgehead atoms. The molecule has 1 aliphatic heterocycles. The Hall–Kier alpha value is 0.210. The van der Waals surface area contributed by atoms with Crippen LogP contribution < -0.4 is 0 Å². The number of hydrogen-bond donors (Lipinski definition) is 1. The van der Waals surface area contributed by atoms with Crippen molar-refractivity contribution in [2.75, 3.05) is 26.2 Å². The lowest BCUT2D eigenvalue weighted by atomic mass is 9.98. The van der Waals surface area contributed by atoms with Crippen molar-refractivity contribution in [2.45, 2.75) is 12.8 Å². The number of piperidine rings is 1. The summed E-state index contributed by atoms with van der Waals surface area (Å²) in [5.74, 6) is 3.79. The smallest absolute Gasteiger partial charge is 0.0558 e. The number of rotatable bonds is 2. The summed E-state index contributed by atoms with van der Waals surface area (Å²) in [6.45, 7) is 3.29. The van der Waals surface area contributed by atoms with E-state index in [4.69, 9.17) is 5.11 Å². The van der Waals surface area contributed by atoms with Crippen molar-refractivity contribution < 1.29 is 5.11 Å². The molecule has 0 aromatic heterocycles. The maximum absolute atomic E-state index is 8.72. The first-order valence-corrected chi connectivity index (χ1v) is 5.39. The SMILES string of the molecule is OCCN1CCC(C#CI)CC1. The van der Waals surface area contributed by atoms with Gasteiger partial charge in [-0.1, -0.05) is 5.92 Å². The van der Waals surface area contributed by atoms with Gasteiger partial charge in [0.25, 0.3) is 0 Å². The van der Waals surface area contributed by atoms with E-state index in [-0.39, 0.29) is 6.61 Å². The number of aliphatic hydroxyl groups excluding tert-OH is 1. The van der Waals surface area contributed by atoms with Crippen LogP contribution in [0.5, 0.6) is 0 Å². The Labute approximate surface area is 87.5 Å². The molecule has 1 rings (SSSR count). The number of nitrogens with zero attached hydrogens (tertiary/aromatic N) is 1. The quantitative estimate of drug-likeness (QED) is 0.604. The van der Waals surface area contributed by atoms with E-state index in [0.29, 0.717) is 5.92 Å². The summed E-state index contributed by atoms with van der Waals surface area (Å²) in [6, 6.07) is 0. The average molecular weight is 279 g/mol. The number of halogens is 1. The zero-order valence-electron chi connectivity index (χ0n) is 7.09. The molecule has 0 aromatic carbocycles. The molecule has 1 fully saturated rings. The van der Waals surface area contributed by atoms with Crippen molar-refractivity contribution in [1.29, 1.82) is 0 Å². The highest BCUT2D eigenvalue weighted by Crippen LogP contribution is 2.15. The van der Waals surface area contributed by atoms with Gasteiger partial charge < -0.3 is 10.0 Å². The van der Waals surface area contributed by atoms with Gasteiger partial charge in [-0.25, -0.2) is 0 Å². The molecule has 0 saturated carbocycles. The van der Waals surface area contributed by atoms with Crippen LogP contribution in [0.15, 0.2) is 0 Å². The summed E-state index contributed by atoms with van der Waals surface area (Å²) in [7, 11) is 0. The van der Waals surface area contributed by atoms with Crippen molar-refractivity contribution in [2.24, 2.45) is 5.92 Å². The highest BCUT2D eigenvalue weighted by molar-refractivity contribution is 14.1. The standard InChI is InChI=1S/C9H14INO/c10-4-1-9-2-5-11(6-3-9)7-8-12/h9,12H,2-3,5-8H2. The van der Waals surface area contributed by atoms with E-state index in [9.17, 15) is 0 Å². The van der Waals surface area contributed by atoms with Crippen molar-refractivity contribution in [1.82, 2.24) is 4.90 Å². The zero-order valence-corrected chi connectivity index (χ0v) is 9.25. The predicted octanol–water partition coefficient (Wildman–Crippen LogP) is 1.09. The zero-order chi connectivity index (χ0) is 8.81. The molecule has 3 heteroatoms. The first-order valence-electron chi connectivity index (χ1n) is 4.31. The minimum atomic E-state index is 0.280. The lowest BCUT2D eigenvalue weighted by Crippen LogP contribution is -2.35. The molecule has 0 unspecified atom stereocenters. The topological polar surface area (TPSA) is 23.5 Å². The molecule has 0 spiro atoms. The Morgan fingerprint density at radius 2 is 2.08 bits per heavy atom. The molecule has 2 nitrogen and oxygen atoms in total. The molecule has 0 atom stereocenters. The van der Waals surface area contributed by atoms with E-state index < -0.39 is 0 Å².